The van der Waals surface area contributed by atoms with Gasteiger partial charge in [-0.05, 0) is 27.2 Å². The summed E-state index contributed by atoms with van der Waals surface area (Å²) in [6.07, 6.45) is 3.16. The Morgan fingerprint density at radius 1 is 1.29 bits per heavy atom. The van der Waals surface area contributed by atoms with Gasteiger partial charge in [-0.3, -0.25) is 4.79 Å². The van der Waals surface area contributed by atoms with Gasteiger partial charge in [0.05, 0.1) is 0 Å². The van der Waals surface area contributed by atoms with Gasteiger partial charge in [0.25, 0.3) is 0 Å². The molecule has 0 fully saturated rings. The van der Waals surface area contributed by atoms with Crippen molar-refractivity contribution in [3.63, 3.8) is 0 Å². The van der Waals surface area contributed by atoms with Crippen LogP contribution in [-0.2, 0) is 11.2 Å². The molecule has 0 bridgehead atoms. The van der Waals surface area contributed by atoms with Crippen molar-refractivity contribution in [3.05, 3.63) is 11.9 Å². The standard InChI is InChI=1S/C14H26N6O/c1-5-8-11-12(16-9-17-13(11)19-15)18-10(4)14(21)20(6-2)7-3/h9-10H,5-8,15H2,1-4H3,(H2,16,17,18,19). The fourth-order valence-corrected chi connectivity index (χ4v) is 2.22. The Hall–Kier alpha value is -1.89. The Bertz CT molecular complexity index is 461. The van der Waals surface area contributed by atoms with E-state index in [0.29, 0.717) is 24.7 Å². The van der Waals surface area contributed by atoms with Crippen molar-refractivity contribution in [1.82, 2.24) is 14.9 Å². The van der Waals surface area contributed by atoms with Crippen molar-refractivity contribution in [2.45, 2.75) is 46.6 Å². The molecule has 0 saturated heterocycles. The summed E-state index contributed by atoms with van der Waals surface area (Å²) in [4.78, 5) is 22.5. The van der Waals surface area contributed by atoms with Crippen molar-refractivity contribution < 1.29 is 4.79 Å². The maximum Gasteiger partial charge on any atom is 0.244 e. The maximum absolute atomic E-state index is 12.3. The van der Waals surface area contributed by atoms with E-state index in [1.165, 1.54) is 6.33 Å². The number of hydrazine groups is 1. The van der Waals surface area contributed by atoms with Crippen LogP contribution in [0.3, 0.4) is 0 Å². The zero-order chi connectivity index (χ0) is 15.8. The van der Waals surface area contributed by atoms with E-state index in [1.54, 1.807) is 4.90 Å². The first-order valence-corrected chi connectivity index (χ1v) is 7.44. The third kappa shape index (κ3) is 4.29. The average Bonchev–Trinajstić information content (AvgIpc) is 2.50. The number of nitrogens with two attached hydrogens (primary N) is 1. The predicted molar refractivity (Wildman–Crippen MR) is 84.8 cm³/mol. The smallest absolute Gasteiger partial charge is 0.244 e. The van der Waals surface area contributed by atoms with Crippen LogP contribution in [0.4, 0.5) is 11.6 Å². The van der Waals surface area contributed by atoms with Crippen LogP contribution in [0.1, 0.15) is 39.7 Å². The average molecular weight is 294 g/mol. The second kappa shape index (κ2) is 8.41. The summed E-state index contributed by atoms with van der Waals surface area (Å²) in [5, 5.41) is 3.18. The fraction of sp³-hybridized carbons (Fsp3) is 0.643. The second-order valence-corrected chi connectivity index (χ2v) is 4.82. The van der Waals surface area contributed by atoms with Crippen LogP contribution in [0.25, 0.3) is 0 Å². The van der Waals surface area contributed by atoms with Crippen LogP contribution >= 0.6 is 0 Å². The lowest BCUT2D eigenvalue weighted by Gasteiger charge is -2.24. The van der Waals surface area contributed by atoms with E-state index < -0.39 is 0 Å². The lowest BCUT2D eigenvalue weighted by atomic mass is 10.1. The molecule has 0 aromatic carbocycles. The van der Waals surface area contributed by atoms with Gasteiger partial charge in [0.15, 0.2) is 0 Å². The number of likely N-dealkylation sites (N-methyl/N-ethyl adjacent to an activating group) is 1. The summed E-state index contributed by atoms with van der Waals surface area (Å²) in [5.74, 6) is 6.80. The van der Waals surface area contributed by atoms with Gasteiger partial charge >= 0.3 is 0 Å². The predicted octanol–water partition coefficient (Wildman–Crippen LogP) is 1.38. The number of hydrogen-bond donors (Lipinski definition) is 3. The van der Waals surface area contributed by atoms with Crippen molar-refractivity contribution in [2.24, 2.45) is 5.84 Å². The first kappa shape index (κ1) is 17.2. The van der Waals surface area contributed by atoms with Crippen LogP contribution < -0.4 is 16.6 Å². The molecule has 4 N–H and O–H groups in total. The van der Waals surface area contributed by atoms with E-state index in [9.17, 15) is 4.79 Å². The Kier molecular flexibility index (Phi) is 6.87. The number of anilines is 2. The molecule has 1 rings (SSSR count). The molecule has 0 aliphatic carbocycles. The highest BCUT2D eigenvalue weighted by molar-refractivity contribution is 5.84. The van der Waals surface area contributed by atoms with Gasteiger partial charge in [0.1, 0.15) is 24.0 Å². The number of carbonyl (C=O) groups excluding carboxylic acids is 1. The number of carbonyl (C=O) groups is 1. The molecule has 1 aromatic rings. The number of nitrogen functional groups attached to an aromatic ring is 1. The summed E-state index contributed by atoms with van der Waals surface area (Å²) in [6, 6.07) is -0.346. The highest BCUT2D eigenvalue weighted by atomic mass is 16.2. The Morgan fingerprint density at radius 2 is 1.90 bits per heavy atom. The normalized spacial score (nSPS) is 11.9. The molecule has 21 heavy (non-hydrogen) atoms. The van der Waals surface area contributed by atoms with E-state index in [1.807, 2.05) is 20.8 Å². The fourth-order valence-electron chi connectivity index (χ4n) is 2.22. The molecule has 1 atom stereocenters. The van der Waals surface area contributed by atoms with Crippen molar-refractivity contribution in [2.75, 3.05) is 23.8 Å². The molecule has 1 aromatic heterocycles. The largest absolute Gasteiger partial charge is 0.358 e. The third-order valence-corrected chi connectivity index (χ3v) is 3.38. The third-order valence-electron chi connectivity index (χ3n) is 3.38. The van der Waals surface area contributed by atoms with E-state index in [0.717, 1.165) is 18.4 Å². The van der Waals surface area contributed by atoms with E-state index in [4.69, 9.17) is 5.84 Å². The Morgan fingerprint density at radius 3 is 2.43 bits per heavy atom. The molecular weight excluding hydrogens is 268 g/mol. The van der Waals surface area contributed by atoms with Crippen LogP contribution in [0, 0.1) is 0 Å². The highest BCUT2D eigenvalue weighted by Gasteiger charge is 2.20. The van der Waals surface area contributed by atoms with Crippen molar-refractivity contribution in [3.8, 4) is 0 Å². The minimum absolute atomic E-state index is 0.0586. The zero-order valence-corrected chi connectivity index (χ0v) is 13.3. The van der Waals surface area contributed by atoms with Crippen LogP contribution in [0.2, 0.25) is 0 Å². The molecule has 7 heteroatoms. The van der Waals surface area contributed by atoms with Crippen LogP contribution in [0.5, 0.6) is 0 Å². The molecule has 0 aliphatic rings. The number of nitrogens with zero attached hydrogens (tertiary/aromatic N) is 3. The monoisotopic (exact) mass is 294 g/mol. The summed E-state index contributed by atoms with van der Waals surface area (Å²) < 4.78 is 0. The van der Waals surface area contributed by atoms with Crippen molar-refractivity contribution in [1.29, 1.82) is 0 Å². The maximum atomic E-state index is 12.3. The topological polar surface area (TPSA) is 96.2 Å². The number of hydrogen-bond acceptors (Lipinski definition) is 6. The Balaban J connectivity index is 2.93. The van der Waals surface area contributed by atoms with Crippen LogP contribution in [-0.4, -0.2) is 39.9 Å². The van der Waals surface area contributed by atoms with Gasteiger partial charge in [0.2, 0.25) is 5.91 Å². The molecule has 118 valence electrons. The van der Waals surface area contributed by atoms with Crippen molar-refractivity contribution >= 4 is 17.5 Å². The zero-order valence-electron chi connectivity index (χ0n) is 13.3. The van der Waals surface area contributed by atoms with Gasteiger partial charge in [-0.15, -0.1) is 0 Å². The molecule has 1 heterocycles. The van der Waals surface area contributed by atoms with Gasteiger partial charge in [-0.2, -0.15) is 0 Å². The second-order valence-electron chi connectivity index (χ2n) is 4.82. The van der Waals surface area contributed by atoms with E-state index in [2.05, 4.69) is 27.6 Å². The molecule has 7 nitrogen and oxygen atoms in total. The highest BCUT2D eigenvalue weighted by Crippen LogP contribution is 2.21. The minimum atomic E-state index is -0.346. The molecule has 0 saturated carbocycles. The van der Waals surface area contributed by atoms with Gasteiger partial charge < -0.3 is 15.6 Å². The van der Waals surface area contributed by atoms with Gasteiger partial charge in [-0.25, -0.2) is 15.8 Å². The van der Waals surface area contributed by atoms with E-state index in [-0.39, 0.29) is 11.9 Å². The molecular formula is C14H26N6O. The molecule has 0 spiro atoms. The molecule has 0 aliphatic heterocycles. The molecule has 1 unspecified atom stereocenters. The number of rotatable bonds is 8. The lowest BCUT2D eigenvalue weighted by Crippen LogP contribution is -2.41. The first-order valence-electron chi connectivity index (χ1n) is 7.44. The summed E-state index contributed by atoms with van der Waals surface area (Å²) in [6.45, 7) is 9.25. The minimum Gasteiger partial charge on any atom is -0.358 e. The first-order chi connectivity index (χ1) is 10.1. The number of amides is 1. The van der Waals surface area contributed by atoms with Gasteiger partial charge in [0, 0.05) is 18.7 Å². The number of aromatic nitrogens is 2. The SMILES string of the molecule is CCCc1c(NN)ncnc1NC(C)C(=O)N(CC)CC. The summed E-state index contributed by atoms with van der Waals surface area (Å²) in [7, 11) is 0. The van der Waals surface area contributed by atoms with E-state index >= 15 is 0 Å². The summed E-state index contributed by atoms with van der Waals surface area (Å²) in [5.41, 5.74) is 3.49. The molecule has 0 radical (unpaired) electrons. The Labute approximate surface area is 126 Å². The number of nitrogens with one attached hydrogen (secondary N) is 2. The molecule has 1 amide bonds. The van der Waals surface area contributed by atoms with Crippen LogP contribution in [0.15, 0.2) is 6.33 Å². The lowest BCUT2D eigenvalue weighted by molar-refractivity contribution is -0.131. The van der Waals surface area contributed by atoms with Gasteiger partial charge in [-0.1, -0.05) is 13.3 Å². The summed E-state index contributed by atoms with van der Waals surface area (Å²) >= 11 is 0. The quantitative estimate of drug-likeness (QED) is 0.495.